The third-order valence-corrected chi connectivity index (χ3v) is 9.56. The number of rotatable bonds is 6. The number of hydrogen-bond donors (Lipinski definition) is 1. The molecule has 1 saturated heterocycles. The quantitative estimate of drug-likeness (QED) is 0.555. The lowest BCUT2D eigenvalue weighted by molar-refractivity contribution is -0.128. The molecule has 8 nitrogen and oxygen atoms in total. The van der Waals surface area contributed by atoms with Gasteiger partial charge in [-0.05, 0) is 85.8 Å². The van der Waals surface area contributed by atoms with E-state index in [-0.39, 0.29) is 28.8 Å². The van der Waals surface area contributed by atoms with E-state index >= 15 is 4.39 Å². The van der Waals surface area contributed by atoms with E-state index in [4.69, 9.17) is 4.74 Å². The van der Waals surface area contributed by atoms with Gasteiger partial charge < -0.3 is 10.1 Å². The lowest BCUT2D eigenvalue weighted by Gasteiger charge is -2.35. The van der Waals surface area contributed by atoms with Crippen LogP contribution in [0.5, 0.6) is 0 Å². The van der Waals surface area contributed by atoms with E-state index in [0.717, 1.165) is 12.7 Å². The number of halogens is 1. The minimum absolute atomic E-state index is 0.00980. The number of hydrogen-bond acceptors (Lipinski definition) is 6. The van der Waals surface area contributed by atoms with Crippen molar-refractivity contribution >= 4 is 21.8 Å². The number of ether oxygens (including phenoxy) is 1. The number of sulfone groups is 1. The van der Waals surface area contributed by atoms with Gasteiger partial charge in [0.25, 0.3) is 0 Å². The van der Waals surface area contributed by atoms with Gasteiger partial charge in [0.15, 0.2) is 9.84 Å². The summed E-state index contributed by atoms with van der Waals surface area (Å²) in [5.74, 6) is 0.212. The van der Waals surface area contributed by atoms with Crippen LogP contribution in [-0.2, 0) is 25.8 Å². The second-order valence-corrected chi connectivity index (χ2v) is 14.3. The predicted octanol–water partition coefficient (Wildman–Crippen LogP) is 4.34. The van der Waals surface area contributed by atoms with Crippen molar-refractivity contribution in [1.82, 2.24) is 10.2 Å². The SMILES string of the molecule is CC1C2C1[C@@H]1C[C@H]2[C@@H](C(=O)N[C@H](C#N)Cc2ccc(-c3cccc(S(C)(=O)=O)c3)cc2F)N1C(=O)OC(C)(C)C. The molecule has 2 bridgehead atoms. The van der Waals surface area contributed by atoms with E-state index < -0.39 is 45.3 Å². The molecule has 10 heteroatoms. The monoisotopic (exact) mass is 567 g/mol. The standard InChI is InChI=1S/C30H34FN3O5S/c1-16-25-22-14-24(26(16)25)34(29(36)39-30(2,3)4)27(22)28(35)33-20(15-32)11-19-10-9-18(13-23(19)31)17-7-6-8-21(12-17)40(5,37)38/h6-10,12-13,16,20,22,24-27H,11,14H2,1-5H3,(H,33,35)/t16?,20-,22+,24-,25?,26?,27-/m0/s1. The molecule has 40 heavy (non-hydrogen) atoms. The normalized spacial score (nSPS) is 27.5. The van der Waals surface area contributed by atoms with Crippen LogP contribution in [0.4, 0.5) is 9.18 Å². The summed E-state index contributed by atoms with van der Waals surface area (Å²) < 4.78 is 44.6. The topological polar surface area (TPSA) is 117 Å². The maximum absolute atomic E-state index is 15.1. The molecular weight excluding hydrogens is 533 g/mol. The molecule has 0 radical (unpaired) electrons. The second-order valence-electron chi connectivity index (χ2n) is 12.3. The number of carbonyl (C=O) groups excluding carboxylic acids is 2. The van der Waals surface area contributed by atoms with Crippen LogP contribution in [0.3, 0.4) is 0 Å². The summed E-state index contributed by atoms with van der Waals surface area (Å²) in [6, 6.07) is 11.0. The highest BCUT2D eigenvalue weighted by molar-refractivity contribution is 7.90. The Bertz CT molecular complexity index is 1510. The first-order valence-electron chi connectivity index (χ1n) is 13.5. The maximum atomic E-state index is 15.1. The van der Waals surface area contributed by atoms with Crippen LogP contribution in [0, 0.1) is 40.8 Å². The Labute approximate surface area is 234 Å². The zero-order valence-electron chi connectivity index (χ0n) is 23.2. The molecule has 1 heterocycles. The number of likely N-dealkylation sites (tertiary alicyclic amines) is 1. The zero-order valence-corrected chi connectivity index (χ0v) is 24.0. The van der Waals surface area contributed by atoms with Crippen molar-refractivity contribution in [1.29, 1.82) is 5.26 Å². The Morgan fingerprint density at radius 1 is 1.18 bits per heavy atom. The summed E-state index contributed by atoms with van der Waals surface area (Å²) in [6.45, 7) is 7.49. The van der Waals surface area contributed by atoms with Crippen LogP contribution in [0.15, 0.2) is 47.4 Å². The smallest absolute Gasteiger partial charge is 0.411 e. The van der Waals surface area contributed by atoms with Gasteiger partial charge in [-0.15, -0.1) is 0 Å². The van der Waals surface area contributed by atoms with Gasteiger partial charge >= 0.3 is 6.09 Å². The highest BCUT2D eigenvalue weighted by atomic mass is 32.2. The summed E-state index contributed by atoms with van der Waals surface area (Å²) in [5.41, 5.74) is 0.569. The number of fused-ring (bicyclic) bond motifs is 5. The minimum atomic E-state index is -3.42. The fraction of sp³-hybridized carbons (Fsp3) is 0.500. The summed E-state index contributed by atoms with van der Waals surface area (Å²) in [4.78, 5) is 28.4. The fourth-order valence-electron chi connectivity index (χ4n) is 6.74. The van der Waals surface area contributed by atoms with Crippen LogP contribution in [0.2, 0.25) is 0 Å². The van der Waals surface area contributed by atoms with E-state index in [1.165, 1.54) is 24.3 Å². The molecule has 0 aromatic heterocycles. The number of amides is 2. The Morgan fingerprint density at radius 3 is 2.50 bits per heavy atom. The van der Waals surface area contributed by atoms with E-state index in [1.807, 2.05) is 0 Å². The number of nitrogens with one attached hydrogen (secondary N) is 1. The summed E-state index contributed by atoms with van der Waals surface area (Å²) in [7, 11) is -3.42. The van der Waals surface area contributed by atoms with Crippen molar-refractivity contribution in [2.24, 2.45) is 23.7 Å². The van der Waals surface area contributed by atoms with E-state index in [9.17, 15) is 23.3 Å². The molecule has 2 aliphatic carbocycles. The highest BCUT2D eigenvalue weighted by Crippen LogP contribution is 2.67. The number of nitriles is 1. The van der Waals surface area contributed by atoms with Gasteiger partial charge in [0.05, 0.1) is 11.0 Å². The molecule has 7 atom stereocenters. The van der Waals surface area contributed by atoms with Gasteiger partial charge in [0.2, 0.25) is 5.91 Å². The van der Waals surface area contributed by atoms with Crippen molar-refractivity contribution in [3.63, 3.8) is 0 Å². The zero-order chi connectivity index (χ0) is 29.1. The van der Waals surface area contributed by atoms with Gasteiger partial charge in [-0.3, -0.25) is 9.69 Å². The Morgan fingerprint density at radius 2 is 1.88 bits per heavy atom. The van der Waals surface area contributed by atoms with Gasteiger partial charge in [0.1, 0.15) is 23.5 Å². The third-order valence-electron chi connectivity index (χ3n) is 8.45. The molecule has 5 rings (SSSR count). The molecule has 3 aliphatic rings. The van der Waals surface area contributed by atoms with E-state index in [0.29, 0.717) is 28.9 Å². The average Bonchev–Trinajstić information content (AvgIpc) is 3.20. The van der Waals surface area contributed by atoms with Gasteiger partial charge in [-0.1, -0.05) is 31.2 Å². The van der Waals surface area contributed by atoms with Crippen LogP contribution in [-0.4, -0.2) is 55.3 Å². The van der Waals surface area contributed by atoms with Crippen LogP contribution >= 0.6 is 0 Å². The largest absolute Gasteiger partial charge is 0.444 e. The molecule has 3 unspecified atom stereocenters. The lowest BCUT2D eigenvalue weighted by atomic mass is 9.94. The van der Waals surface area contributed by atoms with Crippen molar-refractivity contribution in [3.05, 3.63) is 53.8 Å². The molecule has 212 valence electrons. The first-order chi connectivity index (χ1) is 18.7. The number of benzene rings is 2. The number of piperidine rings is 1. The summed E-state index contributed by atoms with van der Waals surface area (Å²) in [6.07, 6.45) is 1.27. The number of carbonyl (C=O) groups is 2. The van der Waals surface area contributed by atoms with Crippen molar-refractivity contribution in [2.75, 3.05) is 6.26 Å². The van der Waals surface area contributed by atoms with Gasteiger partial charge in [-0.2, -0.15) is 5.26 Å². The van der Waals surface area contributed by atoms with Crippen molar-refractivity contribution in [2.45, 2.75) is 69.2 Å². The van der Waals surface area contributed by atoms with Gasteiger partial charge in [0, 0.05) is 18.7 Å². The van der Waals surface area contributed by atoms with Crippen LogP contribution in [0.1, 0.15) is 39.7 Å². The van der Waals surface area contributed by atoms with Crippen LogP contribution in [0.25, 0.3) is 11.1 Å². The molecule has 1 N–H and O–H groups in total. The molecular formula is C30H34FN3O5S. The van der Waals surface area contributed by atoms with Gasteiger partial charge in [-0.25, -0.2) is 17.6 Å². The molecule has 2 amide bonds. The molecule has 2 saturated carbocycles. The first-order valence-corrected chi connectivity index (χ1v) is 15.4. The highest BCUT2D eigenvalue weighted by Gasteiger charge is 2.71. The minimum Gasteiger partial charge on any atom is -0.444 e. The average molecular weight is 568 g/mol. The molecule has 3 fully saturated rings. The molecule has 2 aromatic rings. The predicted molar refractivity (Wildman–Crippen MR) is 146 cm³/mol. The van der Waals surface area contributed by atoms with E-state index in [2.05, 4.69) is 18.3 Å². The Balaban J connectivity index is 1.31. The first kappa shape index (κ1) is 28.1. The second kappa shape index (κ2) is 9.88. The Kier molecular flexibility index (Phi) is 6.94. The summed E-state index contributed by atoms with van der Waals surface area (Å²) >= 11 is 0. The Hall–Kier alpha value is -3.45. The maximum Gasteiger partial charge on any atom is 0.411 e. The number of nitrogens with zero attached hydrogens (tertiary/aromatic N) is 2. The lowest BCUT2D eigenvalue weighted by Crippen LogP contribution is -2.56. The van der Waals surface area contributed by atoms with E-state index in [1.54, 1.807) is 43.9 Å². The molecule has 2 aromatic carbocycles. The van der Waals surface area contributed by atoms with Crippen LogP contribution < -0.4 is 5.32 Å². The van der Waals surface area contributed by atoms with Crippen molar-refractivity contribution in [3.8, 4) is 17.2 Å². The molecule has 0 spiro atoms. The third kappa shape index (κ3) is 5.19. The van der Waals surface area contributed by atoms with Crippen molar-refractivity contribution < 1.29 is 27.1 Å². The summed E-state index contributed by atoms with van der Waals surface area (Å²) in [5, 5.41) is 12.6. The fourth-order valence-corrected chi connectivity index (χ4v) is 7.41. The molecule has 1 aliphatic heterocycles.